The number of hydrogen-bond acceptors (Lipinski definition) is 2. The molecular formula is C17H30O2. The molecule has 2 nitrogen and oxygen atoms in total. The summed E-state index contributed by atoms with van der Waals surface area (Å²) in [6.45, 7) is 14.9. The van der Waals surface area contributed by atoms with Gasteiger partial charge in [0, 0.05) is 0 Å². The van der Waals surface area contributed by atoms with Gasteiger partial charge in [0.2, 0.25) is 0 Å². The maximum absolute atomic E-state index is 11.2. The lowest BCUT2D eigenvalue weighted by molar-refractivity contribution is -0.126. The third-order valence-electron chi connectivity index (χ3n) is 1.95. The molecule has 0 amide bonds. The highest BCUT2D eigenvalue weighted by Crippen LogP contribution is 2.17. The number of rotatable bonds is 3. The quantitative estimate of drug-likeness (QED) is 0.719. The van der Waals surface area contributed by atoms with Gasteiger partial charge in [-0.15, -0.1) is 0 Å². The first-order chi connectivity index (χ1) is 9.13. The van der Waals surface area contributed by atoms with Gasteiger partial charge < -0.3 is 0 Å². The van der Waals surface area contributed by atoms with Crippen LogP contribution in [0.5, 0.6) is 0 Å². The van der Waals surface area contributed by atoms with E-state index in [4.69, 9.17) is 0 Å². The Balaban J connectivity index is -0.000000375. The summed E-state index contributed by atoms with van der Waals surface area (Å²) >= 11 is 0. The number of carbonyl (C=O) groups is 2. The van der Waals surface area contributed by atoms with Crippen molar-refractivity contribution in [3.05, 3.63) is 35.9 Å². The van der Waals surface area contributed by atoms with E-state index < -0.39 is 5.92 Å². The maximum Gasteiger partial charge on any atom is 0.144 e. The topological polar surface area (TPSA) is 34.1 Å². The van der Waals surface area contributed by atoms with Crippen molar-refractivity contribution in [1.82, 2.24) is 0 Å². The largest absolute Gasteiger partial charge is 0.299 e. The molecule has 0 radical (unpaired) electrons. The Morgan fingerprint density at radius 1 is 0.737 bits per heavy atom. The van der Waals surface area contributed by atoms with Gasteiger partial charge >= 0.3 is 0 Å². The van der Waals surface area contributed by atoms with Crippen LogP contribution < -0.4 is 0 Å². The molecule has 0 atom stereocenters. The molecule has 1 rings (SSSR count). The van der Waals surface area contributed by atoms with Crippen molar-refractivity contribution in [2.45, 2.75) is 61.3 Å². The molecule has 0 N–H and O–H groups in total. The number of benzene rings is 1. The van der Waals surface area contributed by atoms with Crippen LogP contribution in [-0.4, -0.2) is 11.6 Å². The fourth-order valence-corrected chi connectivity index (χ4v) is 1.40. The standard InChI is InChI=1S/C11H12O2.3C2H6/c1-8(12)11(9(2)13)10-6-4-3-5-7-10;3*1-2/h3-7,11H,1-2H3;3*1-2H3. The molecular weight excluding hydrogens is 236 g/mol. The van der Waals surface area contributed by atoms with Crippen molar-refractivity contribution < 1.29 is 9.59 Å². The van der Waals surface area contributed by atoms with Crippen molar-refractivity contribution in [2.24, 2.45) is 0 Å². The molecule has 0 bridgehead atoms. The van der Waals surface area contributed by atoms with E-state index >= 15 is 0 Å². The van der Waals surface area contributed by atoms with Crippen LogP contribution in [0, 0.1) is 0 Å². The van der Waals surface area contributed by atoms with E-state index in [0.717, 1.165) is 5.56 Å². The van der Waals surface area contributed by atoms with Crippen molar-refractivity contribution >= 4 is 11.6 Å². The SMILES string of the molecule is CC.CC.CC.CC(=O)C(C(C)=O)c1ccccc1. The van der Waals surface area contributed by atoms with Crippen molar-refractivity contribution in [3.8, 4) is 0 Å². The number of carbonyl (C=O) groups excluding carboxylic acids is 2. The van der Waals surface area contributed by atoms with Crippen LogP contribution in [0.3, 0.4) is 0 Å². The molecule has 0 unspecified atom stereocenters. The van der Waals surface area contributed by atoms with Gasteiger partial charge in [0.15, 0.2) is 0 Å². The van der Waals surface area contributed by atoms with Gasteiger partial charge in [-0.1, -0.05) is 71.9 Å². The van der Waals surface area contributed by atoms with E-state index in [9.17, 15) is 9.59 Å². The summed E-state index contributed by atoms with van der Waals surface area (Å²) < 4.78 is 0. The summed E-state index contributed by atoms with van der Waals surface area (Å²) in [5, 5.41) is 0. The molecule has 1 aromatic carbocycles. The average molecular weight is 266 g/mol. The minimum absolute atomic E-state index is 0.0984. The molecule has 0 saturated carbocycles. The summed E-state index contributed by atoms with van der Waals surface area (Å²) in [5.41, 5.74) is 0.780. The van der Waals surface area contributed by atoms with Gasteiger partial charge in [-0.2, -0.15) is 0 Å². The van der Waals surface area contributed by atoms with Crippen LogP contribution in [-0.2, 0) is 9.59 Å². The smallest absolute Gasteiger partial charge is 0.144 e. The zero-order chi connectivity index (χ0) is 15.8. The zero-order valence-electron chi connectivity index (χ0n) is 13.8. The average Bonchev–Trinajstić information content (AvgIpc) is 2.46. The minimum Gasteiger partial charge on any atom is -0.299 e. The monoisotopic (exact) mass is 266 g/mol. The Bertz CT molecular complexity index is 301. The molecule has 1 aromatic rings. The van der Waals surface area contributed by atoms with E-state index in [0.29, 0.717) is 0 Å². The lowest BCUT2D eigenvalue weighted by Gasteiger charge is -2.09. The van der Waals surface area contributed by atoms with Gasteiger partial charge in [0.05, 0.1) is 0 Å². The Morgan fingerprint density at radius 2 is 1.05 bits per heavy atom. The van der Waals surface area contributed by atoms with Gasteiger partial charge in [-0.3, -0.25) is 9.59 Å². The molecule has 0 heterocycles. The summed E-state index contributed by atoms with van der Waals surface area (Å²) in [6.07, 6.45) is 0. The van der Waals surface area contributed by atoms with E-state index in [1.54, 1.807) is 12.1 Å². The molecule has 2 heteroatoms. The first-order valence-corrected chi connectivity index (χ1v) is 7.18. The van der Waals surface area contributed by atoms with Crippen LogP contribution in [0.25, 0.3) is 0 Å². The van der Waals surface area contributed by atoms with Crippen LogP contribution in [0.2, 0.25) is 0 Å². The van der Waals surface area contributed by atoms with Crippen molar-refractivity contribution in [1.29, 1.82) is 0 Å². The van der Waals surface area contributed by atoms with Crippen LogP contribution >= 0.6 is 0 Å². The predicted molar refractivity (Wildman–Crippen MR) is 84.6 cm³/mol. The molecule has 0 fully saturated rings. The molecule has 0 aliphatic heterocycles. The zero-order valence-corrected chi connectivity index (χ0v) is 13.8. The molecule has 0 saturated heterocycles. The fourth-order valence-electron chi connectivity index (χ4n) is 1.40. The Morgan fingerprint density at radius 3 is 1.32 bits per heavy atom. The molecule has 0 aliphatic carbocycles. The van der Waals surface area contributed by atoms with E-state index in [1.807, 2.05) is 59.7 Å². The van der Waals surface area contributed by atoms with Gasteiger partial charge in [-0.25, -0.2) is 0 Å². The van der Waals surface area contributed by atoms with Crippen LogP contribution in [0.15, 0.2) is 30.3 Å². The minimum atomic E-state index is -0.582. The van der Waals surface area contributed by atoms with Crippen LogP contribution in [0.4, 0.5) is 0 Å². The second-order valence-electron chi connectivity index (χ2n) is 3.06. The predicted octanol–water partition coefficient (Wildman–Crippen LogP) is 5.03. The molecule has 19 heavy (non-hydrogen) atoms. The highest BCUT2D eigenvalue weighted by Gasteiger charge is 2.20. The first-order valence-electron chi connectivity index (χ1n) is 7.18. The molecule has 0 spiro atoms. The van der Waals surface area contributed by atoms with Crippen molar-refractivity contribution in [2.75, 3.05) is 0 Å². The second kappa shape index (κ2) is 16.6. The normalized spacial score (nSPS) is 7.84. The summed E-state index contributed by atoms with van der Waals surface area (Å²) in [4.78, 5) is 22.3. The molecule has 0 aliphatic rings. The molecule has 0 aromatic heterocycles. The Kier molecular flexibility index (Phi) is 19.8. The van der Waals surface area contributed by atoms with Crippen molar-refractivity contribution in [3.63, 3.8) is 0 Å². The van der Waals surface area contributed by atoms with E-state index in [1.165, 1.54) is 13.8 Å². The van der Waals surface area contributed by atoms with Gasteiger partial charge in [0.1, 0.15) is 17.5 Å². The molecule has 110 valence electrons. The third kappa shape index (κ3) is 10.2. The number of hydrogen-bond donors (Lipinski definition) is 0. The van der Waals surface area contributed by atoms with Crippen LogP contribution in [0.1, 0.15) is 66.9 Å². The summed E-state index contributed by atoms with van der Waals surface area (Å²) in [7, 11) is 0. The second-order valence-corrected chi connectivity index (χ2v) is 3.06. The third-order valence-corrected chi connectivity index (χ3v) is 1.95. The van der Waals surface area contributed by atoms with E-state index in [-0.39, 0.29) is 11.6 Å². The fraction of sp³-hybridized carbons (Fsp3) is 0.529. The van der Waals surface area contributed by atoms with Gasteiger partial charge in [-0.05, 0) is 19.4 Å². The summed E-state index contributed by atoms with van der Waals surface area (Å²) in [5.74, 6) is -0.779. The Hall–Kier alpha value is -1.44. The van der Waals surface area contributed by atoms with E-state index in [2.05, 4.69) is 0 Å². The lowest BCUT2D eigenvalue weighted by Crippen LogP contribution is -2.16. The Labute approximate surface area is 119 Å². The maximum atomic E-state index is 11.2. The summed E-state index contributed by atoms with van der Waals surface area (Å²) in [6, 6.07) is 9.12. The number of ketones is 2. The first kappa shape index (κ1) is 22.7. The highest BCUT2D eigenvalue weighted by atomic mass is 16.1. The van der Waals surface area contributed by atoms with Gasteiger partial charge in [0.25, 0.3) is 0 Å². The highest BCUT2D eigenvalue weighted by molar-refractivity contribution is 6.05. The lowest BCUT2D eigenvalue weighted by atomic mass is 9.92. The number of Topliss-reactive ketones (excluding diaryl/α,β-unsaturated/α-hetero) is 2.